The molecule has 20 heavy (non-hydrogen) atoms. The first-order valence-corrected chi connectivity index (χ1v) is 7.29. The molecule has 2 unspecified atom stereocenters. The van der Waals surface area contributed by atoms with Crippen LogP contribution in [0, 0.1) is 0 Å². The molecule has 2 aromatic rings. The van der Waals surface area contributed by atoms with Crippen LogP contribution in [0.25, 0.3) is 11.4 Å². The van der Waals surface area contributed by atoms with E-state index in [4.69, 9.17) is 4.74 Å². The van der Waals surface area contributed by atoms with Crippen molar-refractivity contribution in [3.63, 3.8) is 0 Å². The fourth-order valence-electron chi connectivity index (χ4n) is 2.89. The molecule has 2 atom stereocenters. The van der Waals surface area contributed by atoms with Crippen molar-refractivity contribution >= 4 is 0 Å². The molecular weight excluding hydrogens is 250 g/mol. The molecule has 0 saturated carbocycles. The van der Waals surface area contributed by atoms with Crippen LogP contribution in [0.4, 0.5) is 0 Å². The fourth-order valence-corrected chi connectivity index (χ4v) is 2.89. The highest BCUT2D eigenvalue weighted by Crippen LogP contribution is 2.26. The van der Waals surface area contributed by atoms with Gasteiger partial charge in [0.1, 0.15) is 5.82 Å². The monoisotopic (exact) mass is 271 g/mol. The highest BCUT2D eigenvalue weighted by molar-refractivity contribution is 5.55. The molecule has 1 N–H and O–H groups in total. The Morgan fingerprint density at radius 1 is 1.35 bits per heavy atom. The molecule has 0 amide bonds. The van der Waals surface area contributed by atoms with Crippen molar-refractivity contribution in [3.8, 4) is 11.4 Å². The molecule has 4 heteroatoms. The maximum atomic E-state index is 5.68. The summed E-state index contributed by atoms with van der Waals surface area (Å²) >= 11 is 0. The van der Waals surface area contributed by atoms with Crippen LogP contribution in [-0.4, -0.2) is 35.4 Å². The first kappa shape index (κ1) is 13.3. The van der Waals surface area contributed by atoms with Crippen molar-refractivity contribution in [2.45, 2.75) is 25.4 Å². The molecule has 3 rings (SSSR count). The Kier molecular flexibility index (Phi) is 4.14. The Morgan fingerprint density at radius 2 is 2.20 bits per heavy atom. The number of hydrogen-bond acceptors (Lipinski definition) is 3. The van der Waals surface area contributed by atoms with Gasteiger partial charge in [0.25, 0.3) is 0 Å². The van der Waals surface area contributed by atoms with Crippen molar-refractivity contribution < 1.29 is 4.74 Å². The van der Waals surface area contributed by atoms with Gasteiger partial charge in [0.15, 0.2) is 0 Å². The third-order valence-electron chi connectivity index (χ3n) is 3.85. The molecule has 1 aliphatic rings. The minimum Gasteiger partial charge on any atom is -0.379 e. The van der Waals surface area contributed by atoms with Gasteiger partial charge in [-0.1, -0.05) is 37.3 Å². The van der Waals surface area contributed by atoms with Crippen LogP contribution >= 0.6 is 0 Å². The number of benzene rings is 1. The summed E-state index contributed by atoms with van der Waals surface area (Å²) in [5.74, 6) is 1.02. The first-order chi connectivity index (χ1) is 9.90. The molecule has 0 radical (unpaired) electrons. The van der Waals surface area contributed by atoms with Crippen LogP contribution in [0.2, 0.25) is 0 Å². The predicted octanol–water partition coefficient (Wildman–Crippen LogP) is 2.49. The third-order valence-corrected chi connectivity index (χ3v) is 3.85. The summed E-state index contributed by atoms with van der Waals surface area (Å²) in [6.45, 7) is 4.71. The standard InChI is InChI=1S/C16H21N3O/c1-2-17-14-8-11-20-12-15(14)19-10-9-18-16(19)13-6-4-3-5-7-13/h3-7,9-10,14-15,17H,2,8,11-12H2,1H3. The lowest BCUT2D eigenvalue weighted by Crippen LogP contribution is -2.43. The van der Waals surface area contributed by atoms with Gasteiger partial charge in [-0.25, -0.2) is 4.98 Å². The average molecular weight is 271 g/mol. The van der Waals surface area contributed by atoms with E-state index in [1.807, 2.05) is 24.4 Å². The number of imidazole rings is 1. The predicted molar refractivity (Wildman–Crippen MR) is 79.6 cm³/mol. The zero-order valence-corrected chi connectivity index (χ0v) is 11.8. The van der Waals surface area contributed by atoms with Gasteiger partial charge in [0, 0.05) is 30.6 Å². The van der Waals surface area contributed by atoms with Crippen LogP contribution in [0.3, 0.4) is 0 Å². The Labute approximate surface area is 119 Å². The Balaban J connectivity index is 1.92. The SMILES string of the molecule is CCNC1CCOCC1n1ccnc1-c1ccccc1. The third kappa shape index (κ3) is 2.62. The van der Waals surface area contributed by atoms with Gasteiger partial charge >= 0.3 is 0 Å². The van der Waals surface area contributed by atoms with E-state index in [0.717, 1.165) is 37.6 Å². The highest BCUT2D eigenvalue weighted by atomic mass is 16.5. The molecule has 1 saturated heterocycles. The van der Waals surface area contributed by atoms with E-state index in [0.29, 0.717) is 12.1 Å². The number of nitrogens with one attached hydrogen (secondary N) is 1. The minimum absolute atomic E-state index is 0.307. The van der Waals surface area contributed by atoms with E-state index in [9.17, 15) is 0 Å². The molecule has 0 bridgehead atoms. The molecule has 4 nitrogen and oxygen atoms in total. The molecule has 106 valence electrons. The van der Waals surface area contributed by atoms with Gasteiger partial charge in [-0.15, -0.1) is 0 Å². The van der Waals surface area contributed by atoms with Crippen LogP contribution < -0.4 is 5.32 Å². The maximum absolute atomic E-state index is 5.68. The van der Waals surface area contributed by atoms with E-state index >= 15 is 0 Å². The van der Waals surface area contributed by atoms with Crippen molar-refractivity contribution in [1.82, 2.24) is 14.9 Å². The first-order valence-electron chi connectivity index (χ1n) is 7.29. The normalized spacial score (nSPS) is 22.9. The van der Waals surface area contributed by atoms with E-state index < -0.39 is 0 Å². The maximum Gasteiger partial charge on any atom is 0.140 e. The van der Waals surface area contributed by atoms with Crippen LogP contribution in [0.1, 0.15) is 19.4 Å². The summed E-state index contributed by atoms with van der Waals surface area (Å²) in [5.41, 5.74) is 1.15. The fraction of sp³-hybridized carbons (Fsp3) is 0.438. The summed E-state index contributed by atoms with van der Waals surface area (Å²) in [6, 6.07) is 11.1. The van der Waals surface area contributed by atoms with Crippen LogP contribution in [0.5, 0.6) is 0 Å². The van der Waals surface area contributed by atoms with Gasteiger partial charge in [-0.05, 0) is 13.0 Å². The van der Waals surface area contributed by atoms with Crippen molar-refractivity contribution in [2.24, 2.45) is 0 Å². The zero-order valence-electron chi connectivity index (χ0n) is 11.8. The number of nitrogens with zero attached hydrogens (tertiary/aromatic N) is 2. The topological polar surface area (TPSA) is 39.1 Å². The van der Waals surface area contributed by atoms with Gasteiger partial charge in [-0.3, -0.25) is 0 Å². The molecular formula is C16H21N3O. The summed E-state index contributed by atoms with van der Waals surface area (Å²) in [4.78, 5) is 4.54. The number of hydrogen-bond donors (Lipinski definition) is 1. The van der Waals surface area contributed by atoms with Crippen molar-refractivity contribution in [2.75, 3.05) is 19.8 Å². The lowest BCUT2D eigenvalue weighted by molar-refractivity contribution is 0.0380. The second-order valence-corrected chi connectivity index (χ2v) is 5.12. The smallest absolute Gasteiger partial charge is 0.140 e. The lowest BCUT2D eigenvalue weighted by atomic mass is 10.0. The largest absolute Gasteiger partial charge is 0.379 e. The molecule has 0 aliphatic carbocycles. The summed E-state index contributed by atoms with van der Waals surface area (Å²) in [6.07, 6.45) is 4.98. The second-order valence-electron chi connectivity index (χ2n) is 5.12. The van der Waals surface area contributed by atoms with Crippen LogP contribution in [0.15, 0.2) is 42.7 Å². The quantitative estimate of drug-likeness (QED) is 0.928. The molecule has 2 heterocycles. The molecule has 1 aromatic heterocycles. The van der Waals surface area contributed by atoms with E-state index in [1.165, 1.54) is 0 Å². The Hall–Kier alpha value is -1.65. The average Bonchev–Trinajstić information content (AvgIpc) is 2.98. The number of likely N-dealkylation sites (N-methyl/N-ethyl adjacent to an activating group) is 1. The minimum atomic E-state index is 0.307. The Morgan fingerprint density at radius 3 is 3.00 bits per heavy atom. The van der Waals surface area contributed by atoms with Gasteiger partial charge in [-0.2, -0.15) is 0 Å². The lowest BCUT2D eigenvalue weighted by Gasteiger charge is -2.33. The van der Waals surface area contributed by atoms with Gasteiger partial charge in [0.2, 0.25) is 0 Å². The zero-order chi connectivity index (χ0) is 13.8. The molecule has 0 spiro atoms. The molecule has 1 aliphatic heterocycles. The second kappa shape index (κ2) is 6.20. The number of aromatic nitrogens is 2. The van der Waals surface area contributed by atoms with Crippen molar-refractivity contribution in [1.29, 1.82) is 0 Å². The van der Waals surface area contributed by atoms with Crippen LogP contribution in [-0.2, 0) is 4.74 Å². The number of ether oxygens (including phenoxy) is 1. The van der Waals surface area contributed by atoms with E-state index in [1.54, 1.807) is 0 Å². The van der Waals surface area contributed by atoms with Gasteiger partial charge in [0.05, 0.1) is 12.6 Å². The summed E-state index contributed by atoms with van der Waals surface area (Å²) < 4.78 is 7.94. The number of rotatable bonds is 4. The Bertz CT molecular complexity index is 536. The van der Waals surface area contributed by atoms with Crippen molar-refractivity contribution in [3.05, 3.63) is 42.7 Å². The summed E-state index contributed by atoms with van der Waals surface area (Å²) in [7, 11) is 0. The van der Waals surface area contributed by atoms with Gasteiger partial charge < -0.3 is 14.6 Å². The molecule has 1 aromatic carbocycles. The van der Waals surface area contributed by atoms with E-state index in [2.05, 4.69) is 40.1 Å². The highest BCUT2D eigenvalue weighted by Gasteiger charge is 2.28. The summed E-state index contributed by atoms with van der Waals surface area (Å²) in [5, 5.41) is 3.57. The molecule has 1 fully saturated rings. The van der Waals surface area contributed by atoms with E-state index in [-0.39, 0.29) is 0 Å².